The van der Waals surface area contributed by atoms with E-state index in [0.29, 0.717) is 0 Å². The molecule has 16 rings (SSSR count). The number of rotatable bonds is 5. The monoisotopic (exact) mass is 1030 g/mol. The van der Waals surface area contributed by atoms with Crippen LogP contribution in [0.2, 0.25) is 0 Å². The van der Waals surface area contributed by atoms with Gasteiger partial charge in [-0.05, 0) is 135 Å². The summed E-state index contributed by atoms with van der Waals surface area (Å²) in [4.78, 5) is 2.63. The van der Waals surface area contributed by atoms with E-state index in [-0.39, 0.29) is 17.5 Å². The van der Waals surface area contributed by atoms with Gasteiger partial charge in [-0.2, -0.15) is 0 Å². The first-order valence-corrected chi connectivity index (χ1v) is 30.0. The minimum absolute atomic E-state index is 0.0778. The van der Waals surface area contributed by atoms with E-state index in [2.05, 4.69) is 287 Å². The predicted octanol–water partition coefficient (Wildman–Crippen LogP) is 14.5. The molecule has 5 heterocycles. The van der Waals surface area contributed by atoms with E-state index in [4.69, 9.17) is 4.74 Å². The van der Waals surface area contributed by atoms with E-state index < -0.39 is 8.07 Å². The maximum atomic E-state index is 7.47. The summed E-state index contributed by atoms with van der Waals surface area (Å²) in [5, 5.41) is 10.8. The fourth-order valence-electron chi connectivity index (χ4n) is 14.2. The minimum atomic E-state index is -2.91. The van der Waals surface area contributed by atoms with E-state index in [1.54, 1.807) is 0 Å². The summed E-state index contributed by atoms with van der Waals surface area (Å²) in [5.74, 6) is 1.81. The van der Waals surface area contributed by atoms with Crippen molar-refractivity contribution in [2.45, 2.75) is 52.4 Å². The van der Waals surface area contributed by atoms with Crippen LogP contribution >= 0.6 is 0 Å². The zero-order chi connectivity index (χ0) is 53.1. The van der Waals surface area contributed by atoms with E-state index in [9.17, 15) is 0 Å². The van der Waals surface area contributed by atoms with Crippen LogP contribution < -0.4 is 46.8 Å². The molecule has 0 atom stereocenters. The van der Waals surface area contributed by atoms with Crippen LogP contribution in [0.25, 0.3) is 71.5 Å². The number of para-hydroxylation sites is 2. The second kappa shape index (κ2) is 16.6. The molecule has 0 saturated carbocycles. The van der Waals surface area contributed by atoms with E-state index >= 15 is 0 Å². The highest BCUT2D eigenvalue weighted by Crippen LogP contribution is 2.49. The maximum Gasteiger partial charge on any atom is 0.256 e. The van der Waals surface area contributed by atoms with Crippen molar-refractivity contribution in [2.24, 2.45) is 0 Å². The highest BCUT2D eigenvalue weighted by molar-refractivity contribution is 7.22. The van der Waals surface area contributed by atoms with Gasteiger partial charge in [0.05, 0.1) is 22.2 Å². The highest BCUT2D eigenvalue weighted by atomic mass is 28.3. The highest BCUT2D eigenvalue weighted by Gasteiger charge is 2.51. The van der Waals surface area contributed by atoms with Crippen LogP contribution in [0, 0.1) is 0 Å². The molecule has 3 aliphatic heterocycles. The molecule has 0 spiro atoms. The molecular formula is C74H57BN2OSi. The van der Waals surface area contributed by atoms with E-state index in [1.807, 2.05) is 0 Å². The summed E-state index contributed by atoms with van der Waals surface area (Å²) < 4.78 is 9.96. The van der Waals surface area contributed by atoms with Crippen LogP contribution in [0.1, 0.15) is 52.7 Å². The molecule has 0 saturated heterocycles. The van der Waals surface area contributed by atoms with Gasteiger partial charge in [0.1, 0.15) is 11.5 Å². The first-order valence-electron chi connectivity index (χ1n) is 28.0. The van der Waals surface area contributed by atoms with Gasteiger partial charge >= 0.3 is 0 Å². The molecule has 0 amide bonds. The molecule has 2 aromatic heterocycles. The Balaban J connectivity index is 1.04. The zero-order valence-corrected chi connectivity index (χ0v) is 46.4. The first kappa shape index (κ1) is 46.2. The van der Waals surface area contributed by atoms with Crippen LogP contribution in [0.3, 0.4) is 0 Å². The van der Waals surface area contributed by atoms with Crippen molar-refractivity contribution in [3.05, 3.63) is 248 Å². The number of aromatic nitrogens is 1. The molecule has 13 aromatic rings. The molecule has 11 aromatic carbocycles. The molecule has 0 aliphatic carbocycles. The third-order valence-corrected chi connectivity index (χ3v) is 22.8. The number of benzene rings is 11. The molecule has 3 nitrogen and oxygen atoms in total. The summed E-state index contributed by atoms with van der Waals surface area (Å²) in [6.45, 7) is 13.8. The number of fused-ring (bicyclic) bond motifs is 13. The first-order chi connectivity index (χ1) is 38.4. The lowest BCUT2D eigenvalue weighted by molar-refractivity contribution is 0.486. The van der Waals surface area contributed by atoms with Crippen LogP contribution in [-0.4, -0.2) is 19.2 Å². The van der Waals surface area contributed by atoms with Crippen LogP contribution in [-0.2, 0) is 10.8 Å². The zero-order valence-electron chi connectivity index (χ0n) is 45.4. The average Bonchev–Trinajstić information content (AvgIpc) is 2.90. The Morgan fingerprint density at radius 3 is 1.75 bits per heavy atom. The Kier molecular flexibility index (Phi) is 9.69. The van der Waals surface area contributed by atoms with Crippen molar-refractivity contribution < 1.29 is 4.74 Å². The largest absolute Gasteiger partial charge is 0.458 e. The Bertz CT molecular complexity index is 4620. The van der Waals surface area contributed by atoms with Gasteiger partial charge in [0.2, 0.25) is 0 Å². The molecule has 376 valence electrons. The van der Waals surface area contributed by atoms with Gasteiger partial charge in [0.15, 0.2) is 8.07 Å². The summed E-state index contributed by atoms with van der Waals surface area (Å²) in [6.07, 6.45) is 0. The van der Waals surface area contributed by atoms with Gasteiger partial charge in [-0.25, -0.2) is 0 Å². The van der Waals surface area contributed by atoms with Crippen molar-refractivity contribution in [1.29, 1.82) is 0 Å². The van der Waals surface area contributed by atoms with Gasteiger partial charge in [-0.3, -0.25) is 0 Å². The van der Waals surface area contributed by atoms with Crippen LogP contribution in [0.4, 0.5) is 17.1 Å². The Morgan fingerprint density at radius 1 is 0.380 bits per heavy atom. The minimum Gasteiger partial charge on any atom is -0.458 e. The topological polar surface area (TPSA) is 16.9 Å². The summed E-state index contributed by atoms with van der Waals surface area (Å²) >= 11 is 0. The van der Waals surface area contributed by atoms with Crippen molar-refractivity contribution in [3.63, 3.8) is 0 Å². The lowest BCUT2D eigenvalue weighted by atomic mass is 9.34. The van der Waals surface area contributed by atoms with Gasteiger partial charge in [-0.15, -0.1) is 0 Å². The number of hydrogen-bond acceptors (Lipinski definition) is 2. The smallest absolute Gasteiger partial charge is 0.256 e. The molecule has 3 aliphatic rings. The van der Waals surface area contributed by atoms with Gasteiger partial charge < -0.3 is 14.0 Å². The quantitative estimate of drug-likeness (QED) is 0.160. The maximum absolute atomic E-state index is 7.47. The van der Waals surface area contributed by atoms with E-state index in [0.717, 1.165) is 34.0 Å². The molecule has 0 fully saturated rings. The Hall–Kier alpha value is -8.90. The number of nitrogens with zero attached hydrogens (tertiary/aromatic N) is 2. The predicted molar refractivity (Wildman–Crippen MR) is 338 cm³/mol. The third-order valence-electron chi connectivity index (χ3n) is 18.0. The number of ether oxygens (including phenoxy) is 1. The number of anilines is 3. The van der Waals surface area contributed by atoms with Crippen LogP contribution in [0.5, 0.6) is 11.5 Å². The molecule has 0 bridgehead atoms. The third kappa shape index (κ3) is 6.54. The van der Waals surface area contributed by atoms with E-state index in [1.165, 1.54) is 114 Å². The van der Waals surface area contributed by atoms with Crippen molar-refractivity contribution in [2.75, 3.05) is 4.90 Å². The van der Waals surface area contributed by atoms with Gasteiger partial charge in [-0.1, -0.05) is 230 Å². The lowest BCUT2D eigenvalue weighted by Gasteiger charge is -2.42. The molecular weight excluding hydrogens is 972 g/mol. The lowest BCUT2D eigenvalue weighted by Crippen LogP contribution is -2.73. The van der Waals surface area contributed by atoms with Crippen molar-refractivity contribution in [1.82, 2.24) is 4.40 Å². The van der Waals surface area contributed by atoms with Gasteiger partial charge in [0.25, 0.3) is 6.71 Å². The van der Waals surface area contributed by atoms with Crippen molar-refractivity contribution >= 4 is 107 Å². The fourth-order valence-corrected chi connectivity index (χ4v) is 19.4. The summed E-state index contributed by atoms with van der Waals surface area (Å²) in [7, 11) is -2.91. The molecule has 0 radical (unpaired) electrons. The SMILES string of the molecule is CC(C)(C)c1ccc2c(c1)B1c3cc4c(cc3N(c3ccc(C(C)(C)C)cc3-c3ccccc3)c3cc(-c5ccc6c7cccc8c9ccccc9n(c6c5)c87)cc(c31)O2)-c1ccccc1[Si]4(c1ccccc1)c1ccccc1. The summed E-state index contributed by atoms with van der Waals surface area (Å²) in [5.41, 5.74) is 20.6. The molecule has 0 N–H and O–H groups in total. The normalized spacial score (nSPS) is 14.1. The molecule has 0 unspecified atom stereocenters. The Morgan fingerprint density at radius 2 is 1.01 bits per heavy atom. The molecule has 5 heteroatoms. The second-order valence-corrected chi connectivity index (χ2v) is 28.1. The van der Waals surface area contributed by atoms with Crippen molar-refractivity contribution in [3.8, 4) is 44.9 Å². The fraction of sp³-hybridized carbons (Fsp3) is 0.108. The average molecular weight is 1030 g/mol. The number of hydrogen-bond donors (Lipinski definition) is 0. The Labute approximate surface area is 463 Å². The standard InChI is InChI=1S/C74H57BN2OSi/c1-73(2,3)49-34-37-63(58(42-49)46-21-10-7-11-22-46)76-65-44-59-55-28-17-19-32-69(55)79(51-23-12-8-13-24-51,52-25-14-9-15-26-52)70(59)45-60(65)75-61-43-50(74(4,5)6)35-38-67(61)78-68-41-48(40-66(76)71(68)75)47-33-36-54-57-30-20-29-56-53-27-16-18-31-62(53)77(72(56)57)64(54)39-47/h7-45H,1-6H3. The summed E-state index contributed by atoms with van der Waals surface area (Å²) in [6, 6.07) is 90.4. The van der Waals surface area contributed by atoms with Crippen LogP contribution in [0.15, 0.2) is 237 Å². The van der Waals surface area contributed by atoms with Gasteiger partial charge in [0, 0.05) is 38.5 Å². The molecule has 79 heavy (non-hydrogen) atoms. The second-order valence-electron chi connectivity index (χ2n) is 24.4.